The highest BCUT2D eigenvalue weighted by molar-refractivity contribution is 5.87. The molecule has 0 spiro atoms. The molecular weight excluding hydrogens is 344 g/mol. The Hall–Kier alpha value is -1.36. The van der Waals surface area contributed by atoms with E-state index in [1.165, 1.54) is 12.8 Å². The third-order valence-electron chi connectivity index (χ3n) is 7.69. The number of hydrogen-bond acceptors (Lipinski definition) is 5. The van der Waals surface area contributed by atoms with Crippen molar-refractivity contribution in [2.45, 2.75) is 58.5 Å². The van der Waals surface area contributed by atoms with E-state index >= 15 is 0 Å². The third kappa shape index (κ3) is 3.22. The molecule has 0 N–H and O–H groups in total. The molecule has 4 bridgehead atoms. The maximum absolute atomic E-state index is 12.6. The van der Waals surface area contributed by atoms with E-state index < -0.39 is 5.60 Å². The number of esters is 2. The van der Waals surface area contributed by atoms with Crippen molar-refractivity contribution in [1.29, 1.82) is 0 Å². The summed E-state index contributed by atoms with van der Waals surface area (Å²) in [4.78, 5) is 24.7. The second-order valence-corrected chi connectivity index (χ2v) is 9.51. The Balaban J connectivity index is 1.45. The standard InChI is InChI=1S/C22H32O5/c1-5-25-11-26-21(24)17-8-13-7-16(17)19-15-6-14(18(13)19)9-22(4,10-15)27-20(23)12(2)3/h13-19H,2,5-11H2,1,3-4H3. The van der Waals surface area contributed by atoms with Crippen molar-refractivity contribution in [1.82, 2.24) is 0 Å². The minimum atomic E-state index is -0.391. The van der Waals surface area contributed by atoms with Gasteiger partial charge in [0.2, 0.25) is 0 Å². The van der Waals surface area contributed by atoms with Gasteiger partial charge in [0.05, 0.1) is 5.92 Å². The predicted octanol–water partition coefficient (Wildman–Crippen LogP) is 3.72. The third-order valence-corrected chi connectivity index (χ3v) is 7.69. The van der Waals surface area contributed by atoms with Crippen LogP contribution in [0.5, 0.6) is 0 Å². The molecule has 0 amide bonds. The van der Waals surface area contributed by atoms with E-state index in [0.717, 1.165) is 19.3 Å². The smallest absolute Gasteiger partial charge is 0.333 e. The van der Waals surface area contributed by atoms with Gasteiger partial charge in [0.15, 0.2) is 6.79 Å². The molecule has 150 valence electrons. The molecule has 0 saturated heterocycles. The summed E-state index contributed by atoms with van der Waals surface area (Å²) < 4.78 is 16.4. The van der Waals surface area contributed by atoms with Crippen molar-refractivity contribution in [3.8, 4) is 0 Å². The van der Waals surface area contributed by atoms with E-state index in [9.17, 15) is 9.59 Å². The normalized spacial score (nSPS) is 44.0. The lowest BCUT2D eigenvalue weighted by molar-refractivity contribution is -0.164. The molecule has 5 heteroatoms. The average molecular weight is 376 g/mol. The minimum Gasteiger partial charge on any atom is -0.456 e. The molecule has 4 rings (SSSR count). The summed E-state index contributed by atoms with van der Waals surface area (Å²) in [5, 5.41) is 0. The molecule has 0 heterocycles. The lowest BCUT2D eigenvalue weighted by Gasteiger charge is -2.39. The fourth-order valence-electron chi connectivity index (χ4n) is 7.10. The van der Waals surface area contributed by atoms with Crippen molar-refractivity contribution in [2.75, 3.05) is 13.4 Å². The van der Waals surface area contributed by atoms with Crippen LogP contribution in [0.25, 0.3) is 0 Å². The Labute approximate surface area is 161 Å². The molecule has 0 aliphatic heterocycles. The van der Waals surface area contributed by atoms with E-state index in [0.29, 0.717) is 47.7 Å². The van der Waals surface area contributed by atoms with Crippen LogP contribution in [-0.2, 0) is 23.8 Å². The van der Waals surface area contributed by atoms with Crippen LogP contribution in [0.1, 0.15) is 52.9 Å². The molecule has 8 atom stereocenters. The van der Waals surface area contributed by atoms with Gasteiger partial charge in [-0.2, -0.15) is 0 Å². The summed E-state index contributed by atoms with van der Waals surface area (Å²) >= 11 is 0. The Morgan fingerprint density at radius 3 is 2.44 bits per heavy atom. The summed E-state index contributed by atoms with van der Waals surface area (Å²) in [5.74, 6) is 3.19. The van der Waals surface area contributed by atoms with Gasteiger partial charge in [-0.15, -0.1) is 0 Å². The second-order valence-electron chi connectivity index (χ2n) is 9.51. The predicted molar refractivity (Wildman–Crippen MR) is 99.4 cm³/mol. The number of carbonyl (C=O) groups is 2. The summed E-state index contributed by atoms with van der Waals surface area (Å²) in [5.41, 5.74) is 0.0739. The number of fused-ring (bicyclic) bond motifs is 9. The SMILES string of the molecule is C=C(C)C(=O)OC1(C)CC2CC(C1)C1C3CC(CC3C(=O)OCOCC)C21. The van der Waals surface area contributed by atoms with Crippen LogP contribution in [0, 0.1) is 41.4 Å². The first-order valence-electron chi connectivity index (χ1n) is 10.5. The molecule has 4 saturated carbocycles. The van der Waals surface area contributed by atoms with Gasteiger partial charge < -0.3 is 14.2 Å². The zero-order valence-corrected chi connectivity index (χ0v) is 16.7. The Kier molecular flexibility index (Phi) is 4.86. The monoisotopic (exact) mass is 376 g/mol. The Bertz CT molecular complexity index is 643. The Morgan fingerprint density at radius 2 is 1.78 bits per heavy atom. The van der Waals surface area contributed by atoms with Crippen molar-refractivity contribution < 1.29 is 23.8 Å². The first kappa shape index (κ1) is 19.0. The van der Waals surface area contributed by atoms with Crippen molar-refractivity contribution >= 4 is 11.9 Å². The first-order chi connectivity index (χ1) is 12.8. The summed E-state index contributed by atoms with van der Waals surface area (Å²) in [6.45, 7) is 10.0. The number of carbonyl (C=O) groups excluding carboxylic acids is 2. The molecule has 8 unspecified atom stereocenters. The van der Waals surface area contributed by atoms with Crippen LogP contribution in [0.15, 0.2) is 12.2 Å². The van der Waals surface area contributed by atoms with Gasteiger partial charge in [0, 0.05) is 12.2 Å². The van der Waals surface area contributed by atoms with E-state index in [-0.39, 0.29) is 24.6 Å². The highest BCUT2D eigenvalue weighted by Gasteiger charge is 2.65. The number of hydrogen-bond donors (Lipinski definition) is 0. The first-order valence-corrected chi connectivity index (χ1v) is 10.5. The summed E-state index contributed by atoms with van der Waals surface area (Å²) in [6, 6.07) is 0. The van der Waals surface area contributed by atoms with E-state index in [4.69, 9.17) is 14.2 Å². The molecule has 0 aromatic rings. The molecule has 27 heavy (non-hydrogen) atoms. The van der Waals surface area contributed by atoms with Crippen molar-refractivity contribution in [3.63, 3.8) is 0 Å². The molecule has 5 nitrogen and oxygen atoms in total. The fourth-order valence-corrected chi connectivity index (χ4v) is 7.10. The van der Waals surface area contributed by atoms with Gasteiger partial charge in [0.25, 0.3) is 0 Å². The van der Waals surface area contributed by atoms with Crippen LogP contribution in [0.2, 0.25) is 0 Å². The maximum Gasteiger partial charge on any atom is 0.333 e. The van der Waals surface area contributed by atoms with Crippen LogP contribution in [-0.4, -0.2) is 30.9 Å². The maximum atomic E-state index is 12.6. The highest BCUT2D eigenvalue weighted by Crippen LogP contribution is 2.68. The zero-order chi connectivity index (χ0) is 19.3. The number of rotatable bonds is 6. The molecule has 0 radical (unpaired) electrons. The molecule has 4 aliphatic carbocycles. The minimum absolute atomic E-state index is 0.0280. The van der Waals surface area contributed by atoms with Crippen LogP contribution in [0.4, 0.5) is 0 Å². The quantitative estimate of drug-likeness (QED) is 0.232. The molecule has 4 aliphatic rings. The average Bonchev–Trinajstić information content (AvgIpc) is 3.26. The zero-order valence-electron chi connectivity index (χ0n) is 16.7. The topological polar surface area (TPSA) is 61.8 Å². The van der Waals surface area contributed by atoms with Crippen LogP contribution >= 0.6 is 0 Å². The summed E-state index contributed by atoms with van der Waals surface area (Å²) in [7, 11) is 0. The molecular formula is C22H32O5. The van der Waals surface area contributed by atoms with Gasteiger partial charge in [0.1, 0.15) is 5.60 Å². The van der Waals surface area contributed by atoms with Gasteiger partial charge in [-0.3, -0.25) is 4.79 Å². The van der Waals surface area contributed by atoms with Gasteiger partial charge in [-0.05, 0) is 88.4 Å². The molecule has 0 aromatic carbocycles. The summed E-state index contributed by atoms with van der Waals surface area (Å²) in [6.07, 6.45) is 5.21. The highest BCUT2D eigenvalue weighted by atomic mass is 16.7. The lowest BCUT2D eigenvalue weighted by atomic mass is 9.71. The van der Waals surface area contributed by atoms with E-state index in [1.54, 1.807) is 6.92 Å². The van der Waals surface area contributed by atoms with E-state index in [1.807, 2.05) is 6.92 Å². The Morgan fingerprint density at radius 1 is 1.07 bits per heavy atom. The van der Waals surface area contributed by atoms with Gasteiger partial charge >= 0.3 is 11.9 Å². The van der Waals surface area contributed by atoms with Crippen molar-refractivity contribution in [2.24, 2.45) is 41.4 Å². The van der Waals surface area contributed by atoms with Crippen LogP contribution in [0.3, 0.4) is 0 Å². The number of ether oxygens (including phenoxy) is 3. The van der Waals surface area contributed by atoms with Gasteiger partial charge in [-0.25, -0.2) is 4.79 Å². The fraction of sp³-hybridized carbons (Fsp3) is 0.818. The largest absolute Gasteiger partial charge is 0.456 e. The van der Waals surface area contributed by atoms with E-state index in [2.05, 4.69) is 13.5 Å². The lowest BCUT2D eigenvalue weighted by Crippen LogP contribution is -2.39. The molecule has 0 aromatic heterocycles. The van der Waals surface area contributed by atoms with Gasteiger partial charge in [-0.1, -0.05) is 6.58 Å². The second kappa shape index (κ2) is 6.91. The van der Waals surface area contributed by atoms with Crippen molar-refractivity contribution in [3.05, 3.63) is 12.2 Å². The molecule has 4 fully saturated rings. The van der Waals surface area contributed by atoms with Crippen LogP contribution < -0.4 is 0 Å².